The number of phenolic OH excluding ortho intramolecular Hbond substituents is 1. The summed E-state index contributed by atoms with van der Waals surface area (Å²) in [4.78, 5) is 21.1. The maximum Gasteiger partial charge on any atom is 0.341 e. The van der Waals surface area contributed by atoms with E-state index in [1.165, 1.54) is 16.9 Å². The first kappa shape index (κ1) is 24.4. The van der Waals surface area contributed by atoms with Crippen LogP contribution in [-0.2, 0) is 24.2 Å². The molecule has 0 amide bonds. The first-order valence-corrected chi connectivity index (χ1v) is 12.9. The summed E-state index contributed by atoms with van der Waals surface area (Å²) in [7, 11) is 0. The number of nitrogens with zero attached hydrogens (tertiary/aromatic N) is 2. The largest absolute Gasteiger partial charge is 0.503 e. The lowest BCUT2D eigenvalue weighted by atomic mass is 10.0. The van der Waals surface area contributed by atoms with E-state index in [1.807, 2.05) is 19.9 Å². The Hall–Kier alpha value is -2.68. The fourth-order valence-corrected chi connectivity index (χ4v) is 5.67. The maximum atomic E-state index is 12.9. The van der Waals surface area contributed by atoms with Crippen LogP contribution in [0.1, 0.15) is 45.8 Å². The molecule has 4 rings (SSSR count). The van der Waals surface area contributed by atoms with Gasteiger partial charge in [-0.2, -0.15) is 0 Å². The molecule has 0 saturated heterocycles. The summed E-state index contributed by atoms with van der Waals surface area (Å²) in [5, 5.41) is 10.8. The Bertz CT molecular complexity index is 1190. The second-order valence-corrected chi connectivity index (χ2v) is 9.83. The number of aliphatic imine (C=N–C) groups is 1. The van der Waals surface area contributed by atoms with Gasteiger partial charge in [-0.15, -0.1) is 11.3 Å². The van der Waals surface area contributed by atoms with Crippen molar-refractivity contribution < 1.29 is 19.4 Å². The summed E-state index contributed by atoms with van der Waals surface area (Å²) >= 11 is 4.90. The van der Waals surface area contributed by atoms with Gasteiger partial charge in [0.15, 0.2) is 11.5 Å². The topological polar surface area (TPSA) is 71.4 Å². The van der Waals surface area contributed by atoms with Crippen LogP contribution in [0, 0.1) is 0 Å². The summed E-state index contributed by atoms with van der Waals surface area (Å²) in [6.07, 6.45) is 2.47. The monoisotopic (exact) mass is 542 g/mol. The van der Waals surface area contributed by atoms with Crippen molar-refractivity contribution in [1.29, 1.82) is 0 Å². The molecule has 0 saturated carbocycles. The van der Waals surface area contributed by atoms with Crippen LogP contribution in [0.3, 0.4) is 0 Å². The van der Waals surface area contributed by atoms with E-state index in [1.54, 1.807) is 18.3 Å². The highest BCUT2D eigenvalue weighted by Crippen LogP contribution is 2.40. The number of rotatable bonds is 8. The number of benzene rings is 2. The third-order valence-electron chi connectivity index (χ3n) is 5.53. The van der Waals surface area contributed by atoms with Crippen molar-refractivity contribution in [3.8, 4) is 11.5 Å². The number of hydrogen-bond donors (Lipinski definition) is 1. The number of phenols is 1. The quantitative estimate of drug-likeness (QED) is 0.275. The van der Waals surface area contributed by atoms with Gasteiger partial charge in [0.05, 0.1) is 23.2 Å². The Balaban J connectivity index is 1.63. The third kappa shape index (κ3) is 5.51. The second kappa shape index (κ2) is 11.2. The van der Waals surface area contributed by atoms with Gasteiger partial charge in [-0.05, 0) is 65.0 Å². The van der Waals surface area contributed by atoms with E-state index in [0.717, 1.165) is 42.1 Å². The first-order chi connectivity index (χ1) is 16.5. The molecule has 1 aliphatic heterocycles. The van der Waals surface area contributed by atoms with Gasteiger partial charge in [-0.1, -0.05) is 30.3 Å². The molecular weight excluding hydrogens is 516 g/mol. The number of carbonyl (C=O) groups excluding carboxylic acids is 1. The Kier molecular flexibility index (Phi) is 8.03. The lowest BCUT2D eigenvalue weighted by Gasteiger charge is -2.27. The Labute approximate surface area is 212 Å². The van der Waals surface area contributed by atoms with Gasteiger partial charge >= 0.3 is 5.97 Å². The summed E-state index contributed by atoms with van der Waals surface area (Å²) in [6.45, 7) is 6.93. The smallest absolute Gasteiger partial charge is 0.341 e. The van der Waals surface area contributed by atoms with Crippen molar-refractivity contribution in [3.63, 3.8) is 0 Å². The van der Waals surface area contributed by atoms with Crippen LogP contribution in [0.15, 0.2) is 51.9 Å². The van der Waals surface area contributed by atoms with Crippen molar-refractivity contribution in [2.45, 2.75) is 33.4 Å². The SMILES string of the molecule is CCOC(=O)c1c(N=Cc2cc(Br)c(O)c(OCC)c2)sc2c1CCN(Cc1ccccc1)C2. The minimum absolute atomic E-state index is 0.0521. The van der Waals surface area contributed by atoms with Crippen LogP contribution in [0.2, 0.25) is 0 Å². The van der Waals surface area contributed by atoms with E-state index in [2.05, 4.69) is 50.1 Å². The molecule has 0 radical (unpaired) electrons. The highest BCUT2D eigenvalue weighted by Gasteiger charge is 2.28. The predicted octanol–water partition coefficient (Wildman–Crippen LogP) is 6.10. The average molecular weight is 543 g/mol. The molecule has 178 valence electrons. The summed E-state index contributed by atoms with van der Waals surface area (Å²) in [6, 6.07) is 13.9. The molecule has 1 N–H and O–H groups in total. The number of carbonyl (C=O) groups is 1. The van der Waals surface area contributed by atoms with Crippen LogP contribution in [0.4, 0.5) is 5.00 Å². The summed E-state index contributed by atoms with van der Waals surface area (Å²) in [5.41, 5.74) is 3.64. The van der Waals surface area contributed by atoms with Crippen molar-refractivity contribution in [3.05, 3.63) is 74.1 Å². The molecule has 3 aromatic rings. The lowest BCUT2D eigenvalue weighted by molar-refractivity contribution is 0.0526. The molecule has 1 aromatic heterocycles. The number of hydrogen-bond acceptors (Lipinski definition) is 7. The van der Waals surface area contributed by atoms with Crippen LogP contribution in [-0.4, -0.2) is 41.9 Å². The molecular formula is C26H27BrN2O4S. The summed E-state index contributed by atoms with van der Waals surface area (Å²) in [5.74, 6) is 0.104. The average Bonchev–Trinajstić information content (AvgIpc) is 3.19. The maximum absolute atomic E-state index is 12.9. The lowest BCUT2D eigenvalue weighted by Crippen LogP contribution is -2.29. The van der Waals surface area contributed by atoms with E-state index >= 15 is 0 Å². The normalized spacial score (nSPS) is 13.7. The van der Waals surface area contributed by atoms with Crippen LogP contribution < -0.4 is 4.74 Å². The second-order valence-electron chi connectivity index (χ2n) is 7.89. The van der Waals surface area contributed by atoms with E-state index in [9.17, 15) is 9.90 Å². The fourth-order valence-electron chi connectivity index (χ4n) is 3.99. The van der Waals surface area contributed by atoms with E-state index in [-0.39, 0.29) is 11.7 Å². The molecule has 1 aliphatic rings. The molecule has 0 atom stereocenters. The molecule has 2 aromatic carbocycles. The van der Waals surface area contributed by atoms with Gasteiger partial charge in [0.2, 0.25) is 0 Å². The van der Waals surface area contributed by atoms with Gasteiger partial charge in [0, 0.05) is 30.7 Å². The molecule has 2 heterocycles. The van der Waals surface area contributed by atoms with E-state index < -0.39 is 0 Å². The zero-order chi connectivity index (χ0) is 24.1. The predicted molar refractivity (Wildman–Crippen MR) is 139 cm³/mol. The highest BCUT2D eigenvalue weighted by atomic mass is 79.9. The van der Waals surface area contributed by atoms with Crippen molar-refractivity contribution in [2.24, 2.45) is 4.99 Å². The van der Waals surface area contributed by atoms with Crippen LogP contribution >= 0.6 is 27.3 Å². The van der Waals surface area contributed by atoms with Gasteiger partial charge in [-0.25, -0.2) is 9.79 Å². The Morgan fingerprint density at radius 1 is 1.24 bits per heavy atom. The number of aromatic hydroxyl groups is 1. The van der Waals surface area contributed by atoms with Gasteiger partial charge in [-0.3, -0.25) is 4.90 Å². The standard InChI is InChI=1S/C26H27BrN2O4S/c1-3-32-21-13-18(12-20(27)24(21)30)14-28-25-23(26(31)33-4-2)19-10-11-29(16-22(19)34-25)15-17-8-6-5-7-9-17/h5-9,12-14,30H,3-4,10-11,15-16H2,1-2H3. The van der Waals surface area contributed by atoms with Crippen molar-refractivity contribution >= 4 is 44.5 Å². The molecule has 34 heavy (non-hydrogen) atoms. The molecule has 8 heteroatoms. The molecule has 0 unspecified atom stereocenters. The van der Waals surface area contributed by atoms with Crippen LogP contribution in [0.25, 0.3) is 0 Å². The van der Waals surface area contributed by atoms with E-state index in [0.29, 0.717) is 34.0 Å². The minimum Gasteiger partial charge on any atom is -0.503 e. The van der Waals surface area contributed by atoms with Crippen molar-refractivity contribution in [1.82, 2.24) is 4.90 Å². The first-order valence-electron chi connectivity index (χ1n) is 11.3. The van der Waals surface area contributed by atoms with E-state index in [4.69, 9.17) is 9.47 Å². The molecule has 0 aliphatic carbocycles. The Morgan fingerprint density at radius 3 is 2.76 bits per heavy atom. The molecule has 0 spiro atoms. The number of esters is 1. The number of halogens is 1. The summed E-state index contributed by atoms with van der Waals surface area (Å²) < 4.78 is 11.4. The van der Waals surface area contributed by atoms with Gasteiger partial charge in [0.25, 0.3) is 0 Å². The molecule has 0 bridgehead atoms. The van der Waals surface area contributed by atoms with Gasteiger partial charge in [0.1, 0.15) is 5.00 Å². The highest BCUT2D eigenvalue weighted by molar-refractivity contribution is 9.10. The fraction of sp³-hybridized carbons (Fsp3) is 0.308. The Morgan fingerprint density at radius 2 is 2.03 bits per heavy atom. The third-order valence-corrected chi connectivity index (χ3v) is 7.26. The van der Waals surface area contributed by atoms with Gasteiger partial charge < -0.3 is 14.6 Å². The van der Waals surface area contributed by atoms with Crippen molar-refractivity contribution in [2.75, 3.05) is 19.8 Å². The molecule has 0 fully saturated rings. The zero-order valence-electron chi connectivity index (χ0n) is 19.2. The number of thiophene rings is 1. The zero-order valence-corrected chi connectivity index (χ0v) is 21.6. The number of fused-ring (bicyclic) bond motifs is 1. The van der Waals surface area contributed by atoms with Crippen LogP contribution in [0.5, 0.6) is 11.5 Å². The minimum atomic E-state index is -0.328. The number of ether oxygens (including phenoxy) is 2. The molecule has 6 nitrogen and oxygen atoms in total.